The summed E-state index contributed by atoms with van der Waals surface area (Å²) in [5.41, 5.74) is 2.62. The molecular formula is C21H18N4O3. The Morgan fingerprint density at radius 2 is 2.07 bits per heavy atom. The Hall–Kier alpha value is -3.92. The highest BCUT2D eigenvalue weighted by atomic mass is 16.6. The van der Waals surface area contributed by atoms with Crippen LogP contribution in [0.15, 0.2) is 54.7 Å². The molecule has 0 aliphatic carbocycles. The first-order chi connectivity index (χ1) is 13.5. The molecule has 0 unspecified atom stereocenters. The first-order valence-electron chi connectivity index (χ1n) is 8.69. The summed E-state index contributed by atoms with van der Waals surface area (Å²) in [7, 11) is 0. The number of fused-ring (bicyclic) bond motifs is 1. The van der Waals surface area contributed by atoms with Crippen LogP contribution < -0.4 is 5.32 Å². The number of amides is 1. The zero-order valence-electron chi connectivity index (χ0n) is 15.3. The maximum absolute atomic E-state index is 12.3. The van der Waals surface area contributed by atoms with Gasteiger partial charge in [-0.25, -0.2) is 0 Å². The number of benzene rings is 2. The molecule has 28 heavy (non-hydrogen) atoms. The van der Waals surface area contributed by atoms with Crippen molar-refractivity contribution >= 4 is 34.3 Å². The van der Waals surface area contributed by atoms with Crippen molar-refractivity contribution in [1.82, 2.24) is 4.57 Å². The van der Waals surface area contributed by atoms with Crippen LogP contribution in [0.4, 0.5) is 11.4 Å². The molecule has 1 aromatic heterocycles. The Kier molecular flexibility index (Phi) is 5.51. The first-order valence-corrected chi connectivity index (χ1v) is 8.69. The van der Waals surface area contributed by atoms with Crippen LogP contribution in [-0.2, 0) is 11.3 Å². The molecular weight excluding hydrogens is 356 g/mol. The van der Waals surface area contributed by atoms with Crippen LogP contribution in [-0.4, -0.2) is 15.4 Å². The molecule has 7 heteroatoms. The molecule has 3 aromatic rings. The third kappa shape index (κ3) is 3.91. The van der Waals surface area contributed by atoms with Gasteiger partial charge in [0.25, 0.3) is 5.69 Å². The van der Waals surface area contributed by atoms with Crippen molar-refractivity contribution in [2.75, 3.05) is 5.32 Å². The highest BCUT2D eigenvalue weighted by Crippen LogP contribution is 2.25. The van der Waals surface area contributed by atoms with Crippen molar-refractivity contribution in [2.45, 2.75) is 19.9 Å². The summed E-state index contributed by atoms with van der Waals surface area (Å²) in [5, 5.41) is 23.5. The minimum Gasteiger partial charge on any atom is -0.346 e. The van der Waals surface area contributed by atoms with E-state index in [4.69, 9.17) is 5.26 Å². The van der Waals surface area contributed by atoms with E-state index in [0.29, 0.717) is 24.2 Å². The Morgan fingerprint density at radius 1 is 1.29 bits per heavy atom. The Morgan fingerprint density at radius 3 is 2.82 bits per heavy atom. The zero-order chi connectivity index (χ0) is 20.1. The number of aromatic nitrogens is 1. The van der Waals surface area contributed by atoms with E-state index in [9.17, 15) is 14.9 Å². The second-order valence-corrected chi connectivity index (χ2v) is 6.23. The number of nitriles is 1. The largest absolute Gasteiger partial charge is 0.346 e. The number of para-hydroxylation sites is 1. The third-order valence-electron chi connectivity index (χ3n) is 4.46. The Bertz CT molecular complexity index is 1120. The molecule has 0 fully saturated rings. The molecule has 0 aliphatic rings. The molecule has 0 saturated heterocycles. The predicted molar refractivity (Wildman–Crippen MR) is 108 cm³/mol. The molecule has 0 spiro atoms. The summed E-state index contributed by atoms with van der Waals surface area (Å²) >= 11 is 0. The normalized spacial score (nSPS) is 10.9. The summed E-state index contributed by atoms with van der Waals surface area (Å²) in [6.07, 6.45) is 5.40. The minimum atomic E-state index is -0.475. The van der Waals surface area contributed by atoms with Gasteiger partial charge in [-0.2, -0.15) is 5.26 Å². The lowest BCUT2D eigenvalue weighted by Gasteiger charge is -2.06. The molecule has 1 N–H and O–H groups in total. The number of anilines is 1. The summed E-state index contributed by atoms with van der Waals surface area (Å²) in [4.78, 5) is 22.9. The fourth-order valence-electron chi connectivity index (χ4n) is 3.06. The van der Waals surface area contributed by atoms with Gasteiger partial charge in [0.15, 0.2) is 0 Å². The summed E-state index contributed by atoms with van der Waals surface area (Å²) < 4.78 is 1.99. The van der Waals surface area contributed by atoms with E-state index >= 15 is 0 Å². The highest BCUT2D eigenvalue weighted by Gasteiger charge is 2.14. The zero-order valence-corrected chi connectivity index (χ0v) is 15.3. The average Bonchev–Trinajstić information content (AvgIpc) is 3.04. The van der Waals surface area contributed by atoms with Gasteiger partial charge in [0, 0.05) is 41.4 Å². The number of carbonyl (C=O) groups excluding carboxylic acids is 1. The number of nitrogens with one attached hydrogen (secondary N) is 1. The first kappa shape index (κ1) is 18.9. The molecule has 1 amide bonds. The van der Waals surface area contributed by atoms with Crippen molar-refractivity contribution in [3.05, 3.63) is 76.0 Å². The van der Waals surface area contributed by atoms with Gasteiger partial charge in [-0.1, -0.05) is 24.3 Å². The van der Waals surface area contributed by atoms with E-state index in [1.807, 2.05) is 35.0 Å². The van der Waals surface area contributed by atoms with E-state index in [0.717, 1.165) is 16.5 Å². The molecule has 140 valence electrons. The molecule has 0 saturated carbocycles. The fourth-order valence-corrected chi connectivity index (χ4v) is 3.06. The van der Waals surface area contributed by atoms with Crippen LogP contribution in [0, 0.1) is 28.4 Å². The summed E-state index contributed by atoms with van der Waals surface area (Å²) in [6, 6.07) is 14.5. The lowest BCUT2D eigenvalue weighted by atomic mass is 10.1. The fraction of sp³-hybridized carbons (Fsp3) is 0.143. The number of nitro benzene ring substituents is 1. The molecule has 0 radical (unpaired) electrons. The van der Waals surface area contributed by atoms with Gasteiger partial charge in [-0.3, -0.25) is 14.9 Å². The van der Waals surface area contributed by atoms with Crippen LogP contribution in [0.25, 0.3) is 17.0 Å². The Labute approximate surface area is 161 Å². The SMILES string of the molecule is Cc1c(NC(=O)/C=C/c2cn(CCC#N)c3ccccc23)cccc1[N+](=O)[O-]. The molecule has 0 aliphatic heterocycles. The molecule has 7 nitrogen and oxygen atoms in total. The van der Waals surface area contributed by atoms with Crippen LogP contribution >= 0.6 is 0 Å². The number of hydrogen-bond acceptors (Lipinski definition) is 4. The lowest BCUT2D eigenvalue weighted by Crippen LogP contribution is -2.09. The molecule has 0 bridgehead atoms. The molecule has 3 rings (SSSR count). The van der Waals surface area contributed by atoms with Gasteiger partial charge >= 0.3 is 0 Å². The van der Waals surface area contributed by atoms with Crippen LogP contribution in [0.1, 0.15) is 17.5 Å². The molecule has 1 heterocycles. The third-order valence-corrected chi connectivity index (χ3v) is 4.46. The van der Waals surface area contributed by atoms with Crippen molar-refractivity contribution in [3.8, 4) is 6.07 Å². The number of hydrogen-bond donors (Lipinski definition) is 1. The smallest absolute Gasteiger partial charge is 0.274 e. The van der Waals surface area contributed by atoms with E-state index in [1.165, 1.54) is 18.2 Å². The number of nitro groups is 1. The van der Waals surface area contributed by atoms with E-state index < -0.39 is 4.92 Å². The van der Waals surface area contributed by atoms with Gasteiger partial charge in [-0.15, -0.1) is 0 Å². The van der Waals surface area contributed by atoms with Gasteiger partial charge in [0.05, 0.1) is 28.7 Å². The van der Waals surface area contributed by atoms with Crippen molar-refractivity contribution < 1.29 is 9.72 Å². The monoisotopic (exact) mass is 374 g/mol. The highest BCUT2D eigenvalue weighted by molar-refractivity contribution is 6.04. The minimum absolute atomic E-state index is 0.0395. The standard InChI is InChI=1S/C21H18N4O3/c1-15-18(7-4-9-19(15)25(27)28)23-21(26)11-10-16-14-24(13-5-12-22)20-8-3-2-6-17(16)20/h2-4,6-11,14H,5,13H2,1H3,(H,23,26)/b11-10+. The van der Waals surface area contributed by atoms with Gasteiger partial charge in [0.2, 0.25) is 5.91 Å². The van der Waals surface area contributed by atoms with E-state index in [2.05, 4.69) is 11.4 Å². The maximum atomic E-state index is 12.3. The van der Waals surface area contributed by atoms with Crippen LogP contribution in [0.2, 0.25) is 0 Å². The molecule has 0 atom stereocenters. The number of carbonyl (C=O) groups is 1. The topological polar surface area (TPSA) is 101 Å². The summed E-state index contributed by atoms with van der Waals surface area (Å²) in [5.74, 6) is -0.377. The second-order valence-electron chi connectivity index (χ2n) is 6.23. The Balaban J connectivity index is 1.83. The van der Waals surface area contributed by atoms with Crippen molar-refractivity contribution in [2.24, 2.45) is 0 Å². The van der Waals surface area contributed by atoms with Gasteiger partial charge in [0.1, 0.15) is 0 Å². The number of nitrogens with zero attached hydrogens (tertiary/aromatic N) is 3. The maximum Gasteiger partial charge on any atom is 0.274 e. The quantitative estimate of drug-likeness (QED) is 0.392. The number of aryl methyl sites for hydroxylation is 1. The van der Waals surface area contributed by atoms with Crippen molar-refractivity contribution in [3.63, 3.8) is 0 Å². The predicted octanol–water partition coefficient (Wildman–Crippen LogP) is 4.42. The van der Waals surface area contributed by atoms with E-state index in [-0.39, 0.29) is 11.6 Å². The average molecular weight is 374 g/mol. The van der Waals surface area contributed by atoms with Gasteiger partial charge in [-0.05, 0) is 25.1 Å². The van der Waals surface area contributed by atoms with E-state index in [1.54, 1.807) is 19.1 Å². The number of rotatable bonds is 6. The van der Waals surface area contributed by atoms with Gasteiger partial charge < -0.3 is 9.88 Å². The lowest BCUT2D eigenvalue weighted by molar-refractivity contribution is -0.385. The second kappa shape index (κ2) is 8.18. The van der Waals surface area contributed by atoms with Crippen LogP contribution in [0.5, 0.6) is 0 Å². The molecule has 2 aromatic carbocycles. The van der Waals surface area contributed by atoms with Crippen LogP contribution in [0.3, 0.4) is 0 Å². The summed E-state index contributed by atoms with van der Waals surface area (Å²) in [6.45, 7) is 2.17. The van der Waals surface area contributed by atoms with Crippen molar-refractivity contribution in [1.29, 1.82) is 5.26 Å².